The lowest BCUT2D eigenvalue weighted by Crippen LogP contribution is -2.06. The first kappa shape index (κ1) is 18.7. The molecule has 0 unspecified atom stereocenters. The quantitative estimate of drug-likeness (QED) is 0.617. The summed E-state index contributed by atoms with van der Waals surface area (Å²) in [5, 5.41) is 11.9. The molecule has 0 radical (unpaired) electrons. The maximum Gasteiger partial charge on any atom is 0.147 e. The summed E-state index contributed by atoms with van der Waals surface area (Å²) in [6, 6.07) is 5.61. The molecule has 27 heavy (non-hydrogen) atoms. The molecule has 0 aliphatic heterocycles. The maximum absolute atomic E-state index is 13.3. The van der Waals surface area contributed by atoms with Gasteiger partial charge in [-0.3, -0.25) is 9.55 Å². The van der Waals surface area contributed by atoms with E-state index in [-0.39, 0.29) is 12.4 Å². The van der Waals surface area contributed by atoms with Gasteiger partial charge in [0.1, 0.15) is 11.6 Å². The van der Waals surface area contributed by atoms with Crippen molar-refractivity contribution < 1.29 is 9.50 Å². The molecular formula is C20H22FN5O. The number of allylic oxidation sites excluding steroid dienone is 4. The molecule has 3 aromatic rings. The van der Waals surface area contributed by atoms with E-state index >= 15 is 0 Å². The maximum atomic E-state index is 13.3. The molecule has 0 atom stereocenters. The number of aliphatic hydroxyl groups is 1. The van der Waals surface area contributed by atoms with E-state index in [4.69, 9.17) is 10.1 Å². The smallest absolute Gasteiger partial charge is 0.147 e. The van der Waals surface area contributed by atoms with Crippen molar-refractivity contribution in [3.05, 3.63) is 54.8 Å². The highest BCUT2D eigenvalue weighted by atomic mass is 19.1. The van der Waals surface area contributed by atoms with E-state index in [1.807, 2.05) is 29.7 Å². The van der Waals surface area contributed by atoms with Crippen LogP contribution in [0.15, 0.2) is 54.8 Å². The lowest BCUT2D eigenvalue weighted by Gasteiger charge is -2.12. The van der Waals surface area contributed by atoms with Crippen molar-refractivity contribution in [3.63, 3.8) is 0 Å². The van der Waals surface area contributed by atoms with E-state index in [2.05, 4.69) is 15.3 Å². The van der Waals surface area contributed by atoms with Gasteiger partial charge in [0, 0.05) is 30.2 Å². The highest BCUT2D eigenvalue weighted by Crippen LogP contribution is 2.29. The van der Waals surface area contributed by atoms with Crippen molar-refractivity contribution in [1.82, 2.24) is 19.5 Å². The summed E-state index contributed by atoms with van der Waals surface area (Å²) in [5.74, 6) is 1.14. The number of nitrogens with zero attached hydrogens (tertiary/aromatic N) is 4. The molecule has 3 aromatic heterocycles. The van der Waals surface area contributed by atoms with Crippen molar-refractivity contribution in [1.29, 1.82) is 0 Å². The Balaban J connectivity index is 2.12. The molecule has 0 fully saturated rings. The van der Waals surface area contributed by atoms with Gasteiger partial charge in [0.05, 0.1) is 29.7 Å². The van der Waals surface area contributed by atoms with Gasteiger partial charge < -0.3 is 10.4 Å². The molecule has 3 heterocycles. The highest BCUT2D eigenvalue weighted by Gasteiger charge is 2.15. The van der Waals surface area contributed by atoms with Crippen molar-refractivity contribution in [2.24, 2.45) is 0 Å². The number of hydrogen-bond acceptors (Lipinski definition) is 5. The number of rotatable bonds is 7. The molecule has 0 saturated carbocycles. The normalized spacial score (nSPS) is 12.6. The first-order chi connectivity index (χ1) is 13.1. The monoisotopic (exact) mass is 367 g/mol. The van der Waals surface area contributed by atoms with E-state index in [1.165, 1.54) is 13.0 Å². The van der Waals surface area contributed by atoms with Crippen LogP contribution in [-0.4, -0.2) is 37.8 Å². The lowest BCUT2D eigenvalue weighted by atomic mass is 10.2. The van der Waals surface area contributed by atoms with Gasteiger partial charge >= 0.3 is 0 Å². The molecule has 0 amide bonds. The number of anilines is 1. The molecule has 0 spiro atoms. The van der Waals surface area contributed by atoms with Gasteiger partial charge in [0.25, 0.3) is 0 Å². The van der Waals surface area contributed by atoms with Crippen LogP contribution in [0.5, 0.6) is 0 Å². The van der Waals surface area contributed by atoms with E-state index in [0.717, 1.165) is 28.1 Å². The van der Waals surface area contributed by atoms with Gasteiger partial charge in [-0.1, -0.05) is 6.92 Å². The number of aromatic nitrogens is 4. The minimum Gasteiger partial charge on any atom is -0.395 e. The molecule has 2 N–H and O–H groups in total. The van der Waals surface area contributed by atoms with E-state index in [0.29, 0.717) is 18.8 Å². The second kappa shape index (κ2) is 8.55. The number of imidazole rings is 1. The van der Waals surface area contributed by atoms with Gasteiger partial charge in [0.2, 0.25) is 0 Å². The van der Waals surface area contributed by atoms with Gasteiger partial charge in [-0.25, -0.2) is 14.4 Å². The van der Waals surface area contributed by atoms with Crippen molar-refractivity contribution in [2.75, 3.05) is 18.5 Å². The molecule has 0 aliphatic rings. The van der Waals surface area contributed by atoms with Crippen molar-refractivity contribution in [2.45, 2.75) is 20.3 Å². The van der Waals surface area contributed by atoms with Crippen LogP contribution < -0.4 is 5.32 Å². The van der Waals surface area contributed by atoms with Gasteiger partial charge in [-0.05, 0) is 43.7 Å². The summed E-state index contributed by atoms with van der Waals surface area (Å²) >= 11 is 0. The molecular weight excluding hydrogens is 345 g/mol. The third-order valence-corrected chi connectivity index (χ3v) is 4.05. The first-order valence-electron chi connectivity index (χ1n) is 8.81. The number of aliphatic hydroxyl groups excluding tert-OH is 1. The summed E-state index contributed by atoms with van der Waals surface area (Å²) in [5.41, 5.74) is 3.40. The Bertz CT molecular complexity index is 972. The van der Waals surface area contributed by atoms with Crippen LogP contribution in [0.3, 0.4) is 0 Å². The summed E-state index contributed by atoms with van der Waals surface area (Å²) in [6.45, 7) is 3.91. The summed E-state index contributed by atoms with van der Waals surface area (Å²) in [4.78, 5) is 13.3. The van der Waals surface area contributed by atoms with E-state index < -0.39 is 0 Å². The molecule has 6 nitrogen and oxygen atoms in total. The molecule has 0 bridgehead atoms. The average Bonchev–Trinajstić information content (AvgIpc) is 3.07. The van der Waals surface area contributed by atoms with Crippen molar-refractivity contribution >= 4 is 22.5 Å². The molecule has 0 aliphatic carbocycles. The summed E-state index contributed by atoms with van der Waals surface area (Å²) in [7, 11) is 0. The summed E-state index contributed by atoms with van der Waals surface area (Å²) in [6.07, 6.45) is 9.09. The van der Waals surface area contributed by atoms with Crippen LogP contribution >= 0.6 is 0 Å². The average molecular weight is 367 g/mol. The Labute approximate surface area is 157 Å². The number of halogens is 1. The van der Waals surface area contributed by atoms with Crippen LogP contribution in [0.2, 0.25) is 0 Å². The third-order valence-electron chi connectivity index (χ3n) is 4.05. The fourth-order valence-corrected chi connectivity index (χ4v) is 2.78. The minimum absolute atomic E-state index is 0.0401. The fourth-order valence-electron chi connectivity index (χ4n) is 2.78. The van der Waals surface area contributed by atoms with Crippen LogP contribution in [0.4, 0.5) is 10.2 Å². The largest absolute Gasteiger partial charge is 0.395 e. The molecule has 3 rings (SSSR count). The Morgan fingerprint density at radius 1 is 1.26 bits per heavy atom. The van der Waals surface area contributed by atoms with Crippen LogP contribution in [0, 0.1) is 0 Å². The zero-order valence-corrected chi connectivity index (χ0v) is 15.4. The molecule has 0 aromatic carbocycles. The second-order valence-corrected chi connectivity index (χ2v) is 5.98. The van der Waals surface area contributed by atoms with Gasteiger partial charge in [-0.15, -0.1) is 0 Å². The Hall–Kier alpha value is -3.06. The van der Waals surface area contributed by atoms with Crippen LogP contribution in [0.25, 0.3) is 28.1 Å². The Kier molecular flexibility index (Phi) is 5.93. The predicted molar refractivity (Wildman–Crippen MR) is 106 cm³/mol. The fraction of sp³-hybridized carbons (Fsp3) is 0.250. The van der Waals surface area contributed by atoms with E-state index in [1.54, 1.807) is 24.7 Å². The Morgan fingerprint density at radius 2 is 2.11 bits per heavy atom. The van der Waals surface area contributed by atoms with E-state index in [9.17, 15) is 4.39 Å². The lowest BCUT2D eigenvalue weighted by molar-refractivity contribution is 0.311. The standard InChI is InChI=1S/C20H22FN5O/c1-3-16(6-4-14(2)21)26-18-13-22-9-8-17(18)25-20(26)15-5-7-19(24-12-15)23-10-11-27/h4-9,12-13,27H,3,10-11H2,1-2H3,(H,23,24)/b14-4+,16-6+. The number of nitrogens with one attached hydrogen (secondary N) is 1. The zero-order valence-electron chi connectivity index (χ0n) is 15.4. The first-order valence-corrected chi connectivity index (χ1v) is 8.81. The minimum atomic E-state index is -0.258. The molecule has 7 heteroatoms. The number of hydrogen-bond donors (Lipinski definition) is 2. The number of pyridine rings is 2. The molecule has 0 saturated heterocycles. The molecule has 140 valence electrons. The third kappa shape index (κ3) is 4.20. The summed E-state index contributed by atoms with van der Waals surface area (Å²) < 4.78 is 15.3. The second-order valence-electron chi connectivity index (χ2n) is 5.98. The van der Waals surface area contributed by atoms with Crippen LogP contribution in [-0.2, 0) is 0 Å². The zero-order chi connectivity index (χ0) is 19.2. The number of fused-ring (bicyclic) bond motifs is 1. The highest BCUT2D eigenvalue weighted by molar-refractivity contribution is 5.84. The van der Waals surface area contributed by atoms with Crippen LogP contribution in [0.1, 0.15) is 20.3 Å². The SMILES string of the molecule is CC/C(=C\C=C(/C)F)n1c(-c2ccc(NCCO)nc2)nc2ccncc21. The Morgan fingerprint density at radius 3 is 2.78 bits per heavy atom. The topological polar surface area (TPSA) is 75.9 Å². The van der Waals surface area contributed by atoms with Gasteiger partial charge in [0.15, 0.2) is 0 Å². The van der Waals surface area contributed by atoms with Gasteiger partial charge in [-0.2, -0.15) is 0 Å². The van der Waals surface area contributed by atoms with Crippen molar-refractivity contribution in [3.8, 4) is 11.4 Å². The predicted octanol–water partition coefficient (Wildman–Crippen LogP) is 4.02.